The Balaban J connectivity index is 2.02. The average Bonchev–Trinajstić information content (AvgIpc) is 2.61. The lowest BCUT2D eigenvalue weighted by molar-refractivity contribution is -0.116. The molecule has 1 aromatic heterocycles. The molecule has 3 rings (SSSR count). The minimum absolute atomic E-state index is 0.225. The highest BCUT2D eigenvalue weighted by molar-refractivity contribution is 9.10. The van der Waals surface area contributed by atoms with Crippen LogP contribution in [0.2, 0.25) is 5.02 Å². The van der Waals surface area contributed by atoms with E-state index >= 15 is 0 Å². The molecule has 134 valence electrons. The van der Waals surface area contributed by atoms with Gasteiger partial charge in [0.15, 0.2) is 0 Å². The van der Waals surface area contributed by atoms with Crippen LogP contribution in [0, 0.1) is 0 Å². The largest absolute Gasteiger partial charge is 0.331 e. The maximum Gasteiger partial charge on any atom is 0.331 e. The smallest absolute Gasteiger partial charge is 0.323 e. The number of carbonyl (C=O) groups is 1. The third kappa shape index (κ3) is 3.45. The molecule has 6 nitrogen and oxygen atoms in total. The Bertz CT molecular complexity index is 1120. The van der Waals surface area contributed by atoms with Gasteiger partial charge in [0, 0.05) is 11.0 Å². The van der Waals surface area contributed by atoms with E-state index in [1.165, 1.54) is 4.57 Å². The second-order valence-corrected chi connectivity index (χ2v) is 6.93. The van der Waals surface area contributed by atoms with Crippen molar-refractivity contribution >= 4 is 50.0 Å². The van der Waals surface area contributed by atoms with Crippen molar-refractivity contribution in [3.8, 4) is 0 Å². The average molecular weight is 437 g/mol. The highest BCUT2D eigenvalue weighted by Crippen LogP contribution is 2.25. The highest BCUT2D eigenvalue weighted by atomic mass is 79.9. The third-order valence-corrected chi connectivity index (χ3v) is 4.76. The summed E-state index contributed by atoms with van der Waals surface area (Å²) in [7, 11) is 0. The van der Waals surface area contributed by atoms with Crippen molar-refractivity contribution in [1.29, 1.82) is 0 Å². The molecule has 0 bridgehead atoms. The fraction of sp³-hybridized carbons (Fsp3) is 0.167. The first kappa shape index (κ1) is 18.4. The van der Waals surface area contributed by atoms with Gasteiger partial charge in [0.2, 0.25) is 5.91 Å². The molecule has 2 aromatic carbocycles. The zero-order valence-electron chi connectivity index (χ0n) is 13.8. The number of fused-ring (bicyclic) bond motifs is 1. The van der Waals surface area contributed by atoms with Crippen molar-refractivity contribution in [2.75, 3.05) is 5.32 Å². The Morgan fingerprint density at radius 2 is 1.88 bits per heavy atom. The van der Waals surface area contributed by atoms with Gasteiger partial charge in [0.25, 0.3) is 5.56 Å². The first-order valence-corrected chi connectivity index (χ1v) is 9.06. The summed E-state index contributed by atoms with van der Waals surface area (Å²) in [4.78, 5) is 37.5. The number of rotatable bonds is 4. The highest BCUT2D eigenvalue weighted by Gasteiger charge is 2.15. The van der Waals surface area contributed by atoms with Crippen LogP contribution < -0.4 is 16.6 Å². The zero-order chi connectivity index (χ0) is 18.8. The molecular formula is C18H15BrClN3O3. The second kappa shape index (κ2) is 7.47. The van der Waals surface area contributed by atoms with Gasteiger partial charge in [-0.3, -0.25) is 18.7 Å². The van der Waals surface area contributed by atoms with Crippen molar-refractivity contribution in [1.82, 2.24) is 9.13 Å². The zero-order valence-corrected chi connectivity index (χ0v) is 16.2. The molecule has 26 heavy (non-hydrogen) atoms. The predicted molar refractivity (Wildman–Crippen MR) is 106 cm³/mol. The number of para-hydroxylation sites is 1. The van der Waals surface area contributed by atoms with E-state index in [0.717, 1.165) is 9.04 Å². The van der Waals surface area contributed by atoms with Crippen molar-refractivity contribution < 1.29 is 4.79 Å². The summed E-state index contributed by atoms with van der Waals surface area (Å²) in [5, 5.41) is 3.46. The maximum absolute atomic E-state index is 12.6. The summed E-state index contributed by atoms with van der Waals surface area (Å²) in [5.41, 5.74) is -0.0146. The fourth-order valence-corrected chi connectivity index (χ4v) is 3.45. The Kier molecular flexibility index (Phi) is 5.29. The number of nitrogens with one attached hydrogen (secondary N) is 1. The van der Waals surface area contributed by atoms with Gasteiger partial charge in [-0.25, -0.2) is 4.79 Å². The lowest BCUT2D eigenvalue weighted by Gasteiger charge is -2.13. The summed E-state index contributed by atoms with van der Waals surface area (Å²) in [6.07, 6.45) is 0. The van der Waals surface area contributed by atoms with Crippen LogP contribution in [0.15, 0.2) is 56.5 Å². The molecule has 0 aliphatic rings. The quantitative estimate of drug-likeness (QED) is 0.682. The molecule has 0 aliphatic heterocycles. The molecule has 0 spiro atoms. The molecule has 0 radical (unpaired) electrons. The van der Waals surface area contributed by atoms with E-state index in [2.05, 4.69) is 21.2 Å². The van der Waals surface area contributed by atoms with Crippen LogP contribution in [0.4, 0.5) is 5.69 Å². The van der Waals surface area contributed by atoms with Crippen LogP contribution in [-0.2, 0) is 17.9 Å². The molecule has 1 N–H and O–H groups in total. The third-order valence-electron chi connectivity index (χ3n) is 3.96. The number of halogens is 2. The Morgan fingerprint density at radius 1 is 1.15 bits per heavy atom. The van der Waals surface area contributed by atoms with Gasteiger partial charge in [0.1, 0.15) is 6.54 Å². The van der Waals surface area contributed by atoms with E-state index in [1.807, 2.05) is 0 Å². The molecule has 8 heteroatoms. The van der Waals surface area contributed by atoms with E-state index < -0.39 is 11.6 Å². The van der Waals surface area contributed by atoms with Gasteiger partial charge >= 0.3 is 5.69 Å². The van der Waals surface area contributed by atoms with Crippen LogP contribution >= 0.6 is 27.5 Å². The van der Waals surface area contributed by atoms with E-state index in [-0.39, 0.29) is 18.6 Å². The molecule has 0 atom stereocenters. The van der Waals surface area contributed by atoms with E-state index in [1.54, 1.807) is 49.4 Å². The number of carbonyl (C=O) groups excluding carboxylic acids is 1. The Morgan fingerprint density at radius 3 is 2.58 bits per heavy atom. The lowest BCUT2D eigenvalue weighted by Crippen LogP contribution is -2.41. The minimum Gasteiger partial charge on any atom is -0.323 e. The van der Waals surface area contributed by atoms with Crippen LogP contribution in [0.5, 0.6) is 0 Å². The minimum atomic E-state index is -0.520. The maximum atomic E-state index is 12.6. The predicted octanol–water partition coefficient (Wildman–Crippen LogP) is 3.24. The summed E-state index contributed by atoms with van der Waals surface area (Å²) in [5.74, 6) is -0.414. The first-order valence-electron chi connectivity index (χ1n) is 7.89. The standard InChI is InChI=1S/C18H15BrClN3O3/c1-2-22-17(25)12-5-3-4-6-15(12)23(18(22)26)10-16(24)21-14-8-7-11(19)9-13(14)20/h3-9H,2,10H2,1H3,(H,21,24). The molecule has 0 fully saturated rings. The van der Waals surface area contributed by atoms with Crippen molar-refractivity contribution in [3.63, 3.8) is 0 Å². The van der Waals surface area contributed by atoms with Crippen molar-refractivity contribution in [2.45, 2.75) is 20.0 Å². The molecule has 1 amide bonds. The normalized spacial score (nSPS) is 10.9. The number of benzene rings is 2. The van der Waals surface area contributed by atoms with Gasteiger partial charge in [-0.1, -0.05) is 39.7 Å². The number of hydrogen-bond acceptors (Lipinski definition) is 3. The fourth-order valence-electron chi connectivity index (χ4n) is 2.73. The van der Waals surface area contributed by atoms with Crippen LogP contribution in [0.3, 0.4) is 0 Å². The monoisotopic (exact) mass is 435 g/mol. The van der Waals surface area contributed by atoms with Gasteiger partial charge < -0.3 is 5.32 Å². The lowest BCUT2D eigenvalue weighted by atomic mass is 10.2. The van der Waals surface area contributed by atoms with Crippen LogP contribution in [-0.4, -0.2) is 15.0 Å². The SMILES string of the molecule is CCn1c(=O)c2ccccc2n(CC(=O)Nc2ccc(Br)cc2Cl)c1=O. The number of amides is 1. The molecule has 0 saturated heterocycles. The first-order chi connectivity index (χ1) is 12.4. The molecule has 0 unspecified atom stereocenters. The van der Waals surface area contributed by atoms with Crippen molar-refractivity contribution in [2.24, 2.45) is 0 Å². The molecule has 0 saturated carbocycles. The number of aromatic nitrogens is 2. The van der Waals surface area contributed by atoms with E-state index in [9.17, 15) is 14.4 Å². The Labute approximate surface area is 162 Å². The summed E-state index contributed by atoms with van der Waals surface area (Å²) in [6, 6.07) is 11.8. The second-order valence-electron chi connectivity index (χ2n) is 5.61. The van der Waals surface area contributed by atoms with Crippen LogP contribution in [0.1, 0.15) is 6.92 Å². The molecular weight excluding hydrogens is 422 g/mol. The Hall–Kier alpha value is -2.38. The number of hydrogen-bond donors (Lipinski definition) is 1. The molecule has 0 aliphatic carbocycles. The molecule has 3 aromatic rings. The van der Waals surface area contributed by atoms with Gasteiger partial charge in [-0.05, 0) is 37.3 Å². The number of anilines is 1. The van der Waals surface area contributed by atoms with Crippen LogP contribution in [0.25, 0.3) is 10.9 Å². The van der Waals surface area contributed by atoms with Gasteiger partial charge in [-0.2, -0.15) is 0 Å². The summed E-state index contributed by atoms with van der Waals surface area (Å²) < 4.78 is 3.20. The topological polar surface area (TPSA) is 73.1 Å². The van der Waals surface area contributed by atoms with Crippen molar-refractivity contribution in [3.05, 3.63) is 72.8 Å². The molecule has 1 heterocycles. The number of nitrogens with zero attached hydrogens (tertiary/aromatic N) is 2. The van der Waals surface area contributed by atoms with E-state index in [0.29, 0.717) is 21.6 Å². The van der Waals surface area contributed by atoms with Gasteiger partial charge in [0.05, 0.1) is 21.6 Å². The van der Waals surface area contributed by atoms with E-state index in [4.69, 9.17) is 11.6 Å². The van der Waals surface area contributed by atoms with Gasteiger partial charge in [-0.15, -0.1) is 0 Å². The summed E-state index contributed by atoms with van der Waals surface area (Å²) >= 11 is 9.41. The summed E-state index contributed by atoms with van der Waals surface area (Å²) in [6.45, 7) is 1.71.